The van der Waals surface area contributed by atoms with Crippen molar-refractivity contribution in [1.82, 2.24) is 10.2 Å². The number of rotatable bonds is 10. The fraction of sp³-hybridized carbons (Fsp3) is 0.458. The Hall–Kier alpha value is -2.78. The van der Waals surface area contributed by atoms with Gasteiger partial charge in [-0.3, -0.25) is 4.79 Å². The van der Waals surface area contributed by atoms with Crippen molar-refractivity contribution in [3.63, 3.8) is 0 Å². The van der Waals surface area contributed by atoms with E-state index in [0.29, 0.717) is 23.6 Å². The van der Waals surface area contributed by atoms with Crippen LogP contribution in [0.25, 0.3) is 0 Å². The average Bonchev–Trinajstić information content (AvgIpc) is 3.19. The molecule has 1 N–H and O–H groups in total. The zero-order chi connectivity index (χ0) is 24.0. The molecule has 2 atom stereocenters. The highest BCUT2D eigenvalue weighted by atomic mass is 32.2. The topological polar surface area (TPSA) is 89.5 Å². The molecule has 0 saturated heterocycles. The van der Waals surface area contributed by atoms with Gasteiger partial charge in [-0.1, -0.05) is 30.8 Å². The number of benzene rings is 1. The molecular formula is C24H31N3O5S. The van der Waals surface area contributed by atoms with E-state index in [-0.39, 0.29) is 25.0 Å². The number of amidine groups is 1. The number of carbonyl (C=O) groups excluding carboxylic acids is 2. The number of fused-ring (bicyclic) bond motifs is 1. The Morgan fingerprint density at radius 2 is 1.94 bits per heavy atom. The monoisotopic (exact) mass is 473 g/mol. The maximum Gasteiger partial charge on any atom is 0.338 e. The molecular weight excluding hydrogens is 442 g/mol. The third-order valence-corrected chi connectivity index (χ3v) is 6.42. The number of hydrogen-bond donors (Lipinski definition) is 1. The number of amides is 1. The highest BCUT2D eigenvalue weighted by Crippen LogP contribution is 2.45. The zero-order valence-corrected chi connectivity index (χ0v) is 20.5. The van der Waals surface area contributed by atoms with Gasteiger partial charge in [0, 0.05) is 18.8 Å². The lowest BCUT2D eigenvalue weighted by atomic mass is 9.93. The first-order valence-corrected chi connectivity index (χ1v) is 11.8. The highest BCUT2D eigenvalue weighted by Gasteiger charge is 2.41. The summed E-state index contributed by atoms with van der Waals surface area (Å²) in [5.41, 5.74) is 2.69. The second-order valence-corrected chi connectivity index (χ2v) is 8.69. The Morgan fingerprint density at radius 1 is 1.21 bits per heavy atom. The maximum atomic E-state index is 13.1. The minimum absolute atomic E-state index is 0.0681. The molecule has 33 heavy (non-hydrogen) atoms. The summed E-state index contributed by atoms with van der Waals surface area (Å²) in [4.78, 5) is 32.4. The number of hydrogen-bond acceptors (Lipinski definition) is 8. The first-order chi connectivity index (χ1) is 15.9. The van der Waals surface area contributed by atoms with Gasteiger partial charge >= 0.3 is 5.97 Å². The summed E-state index contributed by atoms with van der Waals surface area (Å²) in [6.07, 6.45) is 1.04. The Labute approximate surface area is 199 Å². The van der Waals surface area contributed by atoms with Crippen LogP contribution in [0.3, 0.4) is 0 Å². The molecule has 1 amide bonds. The number of ether oxygens (including phenoxy) is 3. The molecule has 0 aromatic heterocycles. The van der Waals surface area contributed by atoms with E-state index in [9.17, 15) is 9.59 Å². The fourth-order valence-electron chi connectivity index (χ4n) is 3.62. The van der Waals surface area contributed by atoms with Crippen LogP contribution in [0.15, 0.2) is 51.6 Å². The number of nitrogens with zero attached hydrogens (tertiary/aromatic N) is 2. The molecule has 2 aliphatic rings. The number of esters is 1. The molecule has 3 rings (SSSR count). The number of carbonyl (C=O) groups is 2. The lowest BCUT2D eigenvalue weighted by Crippen LogP contribution is -2.39. The van der Waals surface area contributed by atoms with Crippen molar-refractivity contribution in [2.75, 3.05) is 27.4 Å². The van der Waals surface area contributed by atoms with E-state index in [1.54, 1.807) is 14.2 Å². The van der Waals surface area contributed by atoms with Crippen molar-refractivity contribution >= 4 is 28.8 Å². The van der Waals surface area contributed by atoms with E-state index in [1.165, 1.54) is 11.8 Å². The standard InChI is InChI=1S/C24H31N3O5S/c1-6-15(2)25-20(28)13-18-14-33-24-26-16(3)21(23(29)32-12-11-30-4)22(27(18)24)17-7-9-19(31-5)10-8-17/h7-10,14-15,22H,6,11-13H2,1-5H3,(H,25,28). The molecule has 0 radical (unpaired) electrons. The highest BCUT2D eigenvalue weighted by molar-refractivity contribution is 8.16. The van der Waals surface area contributed by atoms with Crippen LogP contribution in [0.5, 0.6) is 5.75 Å². The van der Waals surface area contributed by atoms with E-state index in [0.717, 1.165) is 22.8 Å². The summed E-state index contributed by atoms with van der Waals surface area (Å²) in [7, 11) is 3.16. The van der Waals surface area contributed by atoms with Crippen molar-refractivity contribution in [3.8, 4) is 5.75 Å². The molecule has 178 valence electrons. The predicted octanol–water partition coefficient (Wildman–Crippen LogP) is 3.76. The molecule has 0 fully saturated rings. The van der Waals surface area contributed by atoms with Crippen LogP contribution in [-0.4, -0.2) is 55.4 Å². The molecule has 0 saturated carbocycles. The number of aliphatic imine (C=N–C) groups is 1. The number of allylic oxidation sites excluding steroid dienone is 1. The van der Waals surface area contributed by atoms with E-state index >= 15 is 0 Å². The largest absolute Gasteiger partial charge is 0.497 e. The molecule has 8 nitrogen and oxygen atoms in total. The molecule has 2 unspecified atom stereocenters. The van der Waals surface area contributed by atoms with E-state index in [1.807, 2.05) is 55.3 Å². The van der Waals surface area contributed by atoms with Gasteiger partial charge in [0.2, 0.25) is 5.91 Å². The van der Waals surface area contributed by atoms with Gasteiger partial charge < -0.3 is 24.4 Å². The number of nitrogens with one attached hydrogen (secondary N) is 1. The van der Waals surface area contributed by atoms with Crippen LogP contribution < -0.4 is 10.1 Å². The van der Waals surface area contributed by atoms with E-state index < -0.39 is 12.0 Å². The molecule has 1 aromatic carbocycles. The van der Waals surface area contributed by atoms with Gasteiger partial charge in [-0.15, -0.1) is 0 Å². The van der Waals surface area contributed by atoms with Gasteiger partial charge in [-0.2, -0.15) is 0 Å². The first kappa shape index (κ1) is 24.9. The van der Waals surface area contributed by atoms with Gasteiger partial charge in [-0.25, -0.2) is 9.79 Å². The Bertz CT molecular complexity index is 971. The normalized spacial score (nSPS) is 18.3. The lowest BCUT2D eigenvalue weighted by molar-refractivity contribution is -0.141. The molecule has 0 aliphatic carbocycles. The van der Waals surface area contributed by atoms with Crippen molar-refractivity contribution in [3.05, 3.63) is 52.2 Å². The molecule has 9 heteroatoms. The van der Waals surface area contributed by atoms with Gasteiger partial charge in [-0.05, 0) is 43.4 Å². The summed E-state index contributed by atoms with van der Waals surface area (Å²) >= 11 is 1.45. The Morgan fingerprint density at radius 3 is 2.58 bits per heavy atom. The molecule has 1 aromatic rings. The lowest BCUT2D eigenvalue weighted by Gasteiger charge is -2.36. The van der Waals surface area contributed by atoms with Crippen LogP contribution in [0.2, 0.25) is 0 Å². The summed E-state index contributed by atoms with van der Waals surface area (Å²) in [5.74, 6) is 0.197. The van der Waals surface area contributed by atoms with Crippen molar-refractivity contribution < 1.29 is 23.8 Å². The second-order valence-electron chi connectivity index (χ2n) is 7.85. The van der Waals surface area contributed by atoms with Gasteiger partial charge in [0.15, 0.2) is 5.17 Å². The summed E-state index contributed by atoms with van der Waals surface area (Å²) in [6.45, 7) is 6.26. The second kappa shape index (κ2) is 11.4. The fourth-order valence-corrected chi connectivity index (χ4v) is 4.58. The summed E-state index contributed by atoms with van der Waals surface area (Å²) < 4.78 is 15.8. The van der Waals surface area contributed by atoms with Crippen LogP contribution in [-0.2, 0) is 19.1 Å². The van der Waals surface area contributed by atoms with Crippen LogP contribution in [0, 0.1) is 0 Å². The Balaban J connectivity index is 1.96. The third kappa shape index (κ3) is 5.78. The van der Waals surface area contributed by atoms with Crippen molar-refractivity contribution in [2.45, 2.75) is 45.7 Å². The Kier molecular flexibility index (Phi) is 8.57. The van der Waals surface area contributed by atoms with Crippen LogP contribution in [0.1, 0.15) is 45.2 Å². The predicted molar refractivity (Wildman–Crippen MR) is 129 cm³/mol. The SMILES string of the molecule is CCC(C)NC(=O)CC1=CSC2=NC(C)=C(C(=O)OCCOC)C(c3ccc(OC)cc3)N12. The molecule has 0 spiro atoms. The molecule has 0 bridgehead atoms. The zero-order valence-electron chi connectivity index (χ0n) is 19.7. The van der Waals surface area contributed by atoms with E-state index in [4.69, 9.17) is 14.2 Å². The third-order valence-electron chi connectivity index (χ3n) is 5.53. The molecule has 2 aliphatic heterocycles. The van der Waals surface area contributed by atoms with Gasteiger partial charge in [0.1, 0.15) is 12.4 Å². The van der Waals surface area contributed by atoms with Gasteiger partial charge in [0.25, 0.3) is 0 Å². The molecule has 2 heterocycles. The van der Waals surface area contributed by atoms with Crippen molar-refractivity contribution in [1.29, 1.82) is 0 Å². The number of thioether (sulfide) groups is 1. The first-order valence-electron chi connectivity index (χ1n) is 10.9. The van der Waals surface area contributed by atoms with Crippen LogP contribution >= 0.6 is 11.8 Å². The maximum absolute atomic E-state index is 13.1. The quantitative estimate of drug-likeness (QED) is 0.409. The minimum atomic E-state index is -0.476. The van der Waals surface area contributed by atoms with E-state index in [2.05, 4.69) is 10.3 Å². The summed E-state index contributed by atoms with van der Waals surface area (Å²) in [5, 5.41) is 5.67. The minimum Gasteiger partial charge on any atom is -0.497 e. The van der Waals surface area contributed by atoms with Gasteiger partial charge in [0.05, 0.1) is 37.4 Å². The summed E-state index contributed by atoms with van der Waals surface area (Å²) in [6, 6.07) is 7.16. The average molecular weight is 474 g/mol. The number of methoxy groups -OCH3 is 2. The van der Waals surface area contributed by atoms with Crippen molar-refractivity contribution in [2.24, 2.45) is 4.99 Å². The van der Waals surface area contributed by atoms with Crippen LogP contribution in [0.4, 0.5) is 0 Å². The smallest absolute Gasteiger partial charge is 0.338 e.